The lowest BCUT2D eigenvalue weighted by Gasteiger charge is -2.39. The van der Waals surface area contributed by atoms with Gasteiger partial charge in [-0.1, -0.05) is 37.0 Å². The second-order valence-electron chi connectivity index (χ2n) is 7.66. The Morgan fingerprint density at radius 2 is 1.88 bits per heavy atom. The zero-order chi connectivity index (χ0) is 18.0. The molecule has 0 amide bonds. The van der Waals surface area contributed by atoms with Crippen LogP contribution in [0.4, 0.5) is 5.69 Å². The van der Waals surface area contributed by atoms with Crippen molar-refractivity contribution in [3.05, 3.63) is 23.2 Å². The second kappa shape index (κ2) is 7.76. The van der Waals surface area contributed by atoms with Gasteiger partial charge in [-0.25, -0.2) is 0 Å². The molecule has 24 heavy (non-hydrogen) atoms. The third-order valence-corrected chi connectivity index (χ3v) is 5.95. The summed E-state index contributed by atoms with van der Waals surface area (Å²) in [4.78, 5) is 11.3. The molecule has 3 nitrogen and oxygen atoms in total. The Bertz CT molecular complexity index is 591. The van der Waals surface area contributed by atoms with Crippen molar-refractivity contribution in [2.75, 3.05) is 5.32 Å². The first-order valence-electron chi connectivity index (χ1n) is 8.46. The van der Waals surface area contributed by atoms with Crippen molar-refractivity contribution in [3.8, 4) is 0 Å². The van der Waals surface area contributed by atoms with Gasteiger partial charge in [0.15, 0.2) is 0 Å². The lowest BCUT2D eigenvalue weighted by atomic mass is 9.84. The molecule has 0 saturated heterocycles. The highest BCUT2D eigenvalue weighted by atomic mass is 35.5. The Morgan fingerprint density at radius 1 is 1.25 bits per heavy atom. The van der Waals surface area contributed by atoms with Gasteiger partial charge >= 0.3 is 7.48 Å². The Labute approximate surface area is 153 Å². The highest BCUT2D eigenvalue weighted by molar-refractivity contribution is 7.19. The van der Waals surface area contributed by atoms with Crippen molar-refractivity contribution < 1.29 is 9.45 Å². The molecular weight excluding hydrogens is 339 g/mol. The largest absolute Gasteiger partial charge is 0.429 e. The SMILES string of the molecule is CC(C)(P)C(C)(C)O[B]c1ccc(NC2CCC(=O)CC2)c(Cl)c1. The van der Waals surface area contributed by atoms with Crippen molar-refractivity contribution in [1.29, 1.82) is 0 Å². The number of carbonyl (C=O) groups is 1. The van der Waals surface area contributed by atoms with Gasteiger partial charge in [-0.2, -0.15) is 0 Å². The Balaban J connectivity index is 1.96. The van der Waals surface area contributed by atoms with Crippen LogP contribution in [0, 0.1) is 0 Å². The van der Waals surface area contributed by atoms with E-state index in [1.165, 1.54) is 0 Å². The second-order valence-corrected chi connectivity index (χ2v) is 9.51. The average molecular weight is 367 g/mol. The van der Waals surface area contributed by atoms with E-state index < -0.39 is 0 Å². The van der Waals surface area contributed by atoms with E-state index in [0.29, 0.717) is 29.7 Å². The van der Waals surface area contributed by atoms with Crippen LogP contribution in [0.15, 0.2) is 18.2 Å². The van der Waals surface area contributed by atoms with Crippen molar-refractivity contribution in [2.45, 2.75) is 70.2 Å². The van der Waals surface area contributed by atoms with Crippen LogP contribution in [0.3, 0.4) is 0 Å². The molecule has 0 aromatic heterocycles. The van der Waals surface area contributed by atoms with E-state index >= 15 is 0 Å². The third-order valence-electron chi connectivity index (χ3n) is 4.94. The number of anilines is 1. The molecule has 1 radical (unpaired) electrons. The summed E-state index contributed by atoms with van der Waals surface area (Å²) in [5.74, 6) is 0.362. The minimum atomic E-state index is -0.310. The number of benzene rings is 1. The number of hydrogen-bond donors (Lipinski definition) is 1. The predicted octanol–water partition coefficient (Wildman–Crippen LogP) is 3.96. The fourth-order valence-corrected chi connectivity index (χ4v) is 2.70. The molecule has 0 spiro atoms. The summed E-state index contributed by atoms with van der Waals surface area (Å²) < 4.78 is 5.97. The van der Waals surface area contributed by atoms with Crippen LogP contribution in [0.1, 0.15) is 53.4 Å². The van der Waals surface area contributed by atoms with E-state index in [1.807, 2.05) is 18.2 Å². The first kappa shape index (κ1) is 19.8. The average Bonchev–Trinajstić information content (AvgIpc) is 2.49. The van der Waals surface area contributed by atoms with Crippen LogP contribution in [0.25, 0.3) is 0 Å². The molecule has 0 bridgehead atoms. The van der Waals surface area contributed by atoms with Gasteiger partial charge < -0.3 is 9.97 Å². The minimum Gasteiger partial charge on any atom is -0.429 e. The highest BCUT2D eigenvalue weighted by Gasteiger charge is 2.33. The van der Waals surface area contributed by atoms with Crippen LogP contribution in [0.2, 0.25) is 5.02 Å². The van der Waals surface area contributed by atoms with Gasteiger partial charge in [0.05, 0.1) is 16.3 Å². The number of ketones is 1. The fourth-order valence-electron chi connectivity index (χ4n) is 2.39. The maximum Gasteiger partial charge on any atom is 0.330 e. The number of nitrogens with one attached hydrogen (secondary N) is 1. The quantitative estimate of drug-likeness (QED) is 0.612. The molecule has 1 saturated carbocycles. The van der Waals surface area contributed by atoms with E-state index in [0.717, 1.165) is 24.0 Å². The molecule has 1 aliphatic carbocycles. The zero-order valence-corrected chi connectivity index (χ0v) is 16.9. The van der Waals surface area contributed by atoms with E-state index in [9.17, 15) is 4.79 Å². The zero-order valence-electron chi connectivity index (χ0n) is 15.0. The third kappa shape index (κ3) is 5.21. The van der Waals surface area contributed by atoms with Crippen LogP contribution < -0.4 is 10.8 Å². The van der Waals surface area contributed by atoms with Gasteiger partial charge in [0.2, 0.25) is 0 Å². The van der Waals surface area contributed by atoms with Crippen molar-refractivity contribution in [1.82, 2.24) is 0 Å². The number of Topliss-reactive ketones (excluding diaryl/α,β-unsaturated/α-hetero) is 1. The number of halogens is 1. The van der Waals surface area contributed by atoms with Gasteiger partial charge in [-0.3, -0.25) is 4.79 Å². The molecule has 1 aromatic carbocycles. The number of hydrogen-bond acceptors (Lipinski definition) is 3. The van der Waals surface area contributed by atoms with Gasteiger partial charge in [0.1, 0.15) is 5.78 Å². The smallest absolute Gasteiger partial charge is 0.330 e. The van der Waals surface area contributed by atoms with Gasteiger partial charge in [-0.05, 0) is 38.8 Å². The fraction of sp³-hybridized carbons (Fsp3) is 0.611. The highest BCUT2D eigenvalue weighted by Crippen LogP contribution is 2.33. The van der Waals surface area contributed by atoms with Gasteiger partial charge in [0, 0.05) is 24.0 Å². The number of carbonyl (C=O) groups excluding carboxylic acids is 1. The molecule has 131 valence electrons. The molecule has 1 aliphatic rings. The van der Waals surface area contributed by atoms with E-state index in [1.54, 1.807) is 7.48 Å². The summed E-state index contributed by atoms with van der Waals surface area (Å²) >= 11 is 6.41. The molecule has 1 fully saturated rings. The van der Waals surface area contributed by atoms with Crippen molar-refractivity contribution in [3.63, 3.8) is 0 Å². The molecule has 1 N–H and O–H groups in total. The molecule has 2 rings (SSSR count). The van der Waals surface area contributed by atoms with E-state index in [4.69, 9.17) is 16.3 Å². The summed E-state index contributed by atoms with van der Waals surface area (Å²) in [7, 11) is 4.59. The van der Waals surface area contributed by atoms with E-state index in [2.05, 4.69) is 42.3 Å². The molecule has 0 heterocycles. The molecular formula is C18H27BClNO2P. The van der Waals surface area contributed by atoms with Gasteiger partial charge in [-0.15, -0.1) is 9.24 Å². The summed E-state index contributed by atoms with van der Waals surface area (Å²) in [6.45, 7) is 8.39. The lowest BCUT2D eigenvalue weighted by molar-refractivity contribution is -0.120. The number of rotatable bonds is 6. The van der Waals surface area contributed by atoms with Gasteiger partial charge in [0.25, 0.3) is 0 Å². The topological polar surface area (TPSA) is 38.3 Å². The summed E-state index contributed by atoms with van der Waals surface area (Å²) in [5, 5.41) is 4.08. The van der Waals surface area contributed by atoms with Crippen LogP contribution >= 0.6 is 20.8 Å². The standard InChI is InChI=1S/C18H27BClNO2P/c1-17(2,18(3,4)24)23-19-12-5-10-16(15(20)11-12)21-13-6-8-14(22)9-7-13/h5,10-11,13,21H,6-9,24H2,1-4H3. The summed E-state index contributed by atoms with van der Waals surface area (Å²) in [5.41, 5.74) is 1.54. The maximum atomic E-state index is 11.3. The molecule has 1 atom stereocenters. The Morgan fingerprint density at radius 3 is 2.42 bits per heavy atom. The van der Waals surface area contributed by atoms with Crippen LogP contribution in [-0.4, -0.2) is 30.1 Å². The maximum absolute atomic E-state index is 11.3. The molecule has 6 heteroatoms. The minimum absolute atomic E-state index is 0.0484. The summed E-state index contributed by atoms with van der Waals surface area (Å²) in [6.07, 6.45) is 3.08. The first-order valence-corrected chi connectivity index (χ1v) is 9.42. The van der Waals surface area contributed by atoms with Crippen LogP contribution in [0.5, 0.6) is 0 Å². The normalized spacial score (nSPS) is 17.0. The lowest BCUT2D eigenvalue weighted by Crippen LogP contribution is -2.45. The van der Waals surface area contributed by atoms with Crippen molar-refractivity contribution >= 4 is 45.3 Å². The summed E-state index contributed by atoms with van der Waals surface area (Å²) in [6, 6.07) is 6.20. The van der Waals surface area contributed by atoms with E-state index in [-0.39, 0.29) is 10.8 Å². The van der Waals surface area contributed by atoms with Crippen LogP contribution in [-0.2, 0) is 9.45 Å². The first-order chi connectivity index (χ1) is 11.1. The Hall–Kier alpha value is -0.565. The monoisotopic (exact) mass is 366 g/mol. The van der Waals surface area contributed by atoms with Crippen molar-refractivity contribution in [2.24, 2.45) is 0 Å². The predicted molar refractivity (Wildman–Crippen MR) is 107 cm³/mol. The Kier molecular flexibility index (Phi) is 6.39. The molecule has 1 unspecified atom stereocenters. The molecule has 0 aliphatic heterocycles. The molecule has 1 aromatic rings.